The van der Waals surface area contributed by atoms with Crippen molar-refractivity contribution >= 4 is 17.5 Å². The van der Waals surface area contributed by atoms with Crippen LogP contribution in [-0.4, -0.2) is 41.9 Å². The van der Waals surface area contributed by atoms with E-state index in [0.29, 0.717) is 0 Å². The molecule has 0 radical (unpaired) electrons. The average Bonchev–Trinajstić information content (AvgIpc) is 2.58. The SMILES string of the molecule is NC(=O)C(c1ccc(F)cc1)N1CCN(Cc2cccc(Cl)c2)CC1. The Kier molecular flexibility index (Phi) is 5.68. The van der Waals surface area contributed by atoms with Crippen molar-refractivity contribution in [3.05, 3.63) is 70.5 Å². The maximum absolute atomic E-state index is 13.1. The summed E-state index contributed by atoms with van der Waals surface area (Å²) in [6, 6.07) is 13.3. The van der Waals surface area contributed by atoms with E-state index in [9.17, 15) is 9.18 Å². The van der Waals surface area contributed by atoms with Crippen molar-refractivity contribution < 1.29 is 9.18 Å². The summed E-state index contributed by atoms with van der Waals surface area (Å²) in [5.74, 6) is -0.729. The Hall–Kier alpha value is -1.95. The van der Waals surface area contributed by atoms with Crippen molar-refractivity contribution in [2.24, 2.45) is 5.73 Å². The third-order valence-electron chi connectivity index (χ3n) is 4.52. The quantitative estimate of drug-likeness (QED) is 0.891. The van der Waals surface area contributed by atoms with E-state index < -0.39 is 11.9 Å². The number of rotatable bonds is 5. The first-order valence-corrected chi connectivity index (χ1v) is 8.66. The fourth-order valence-corrected chi connectivity index (χ4v) is 3.49. The standard InChI is InChI=1S/C19H21ClFN3O/c20-16-3-1-2-14(12-16)13-23-8-10-24(11-9-23)18(19(22)25)15-4-6-17(21)7-5-15/h1-7,12,18H,8-11,13H2,(H2,22,25). The van der Waals surface area contributed by atoms with Crippen molar-refractivity contribution in [2.75, 3.05) is 26.2 Å². The fourth-order valence-electron chi connectivity index (χ4n) is 3.27. The molecule has 2 N–H and O–H groups in total. The summed E-state index contributed by atoms with van der Waals surface area (Å²) in [6.45, 7) is 3.94. The molecule has 2 aromatic carbocycles. The molecule has 3 rings (SSSR count). The number of nitrogens with two attached hydrogens (primary N) is 1. The van der Waals surface area contributed by atoms with Crippen molar-refractivity contribution in [3.63, 3.8) is 0 Å². The molecule has 25 heavy (non-hydrogen) atoms. The van der Waals surface area contributed by atoms with Crippen molar-refractivity contribution in [2.45, 2.75) is 12.6 Å². The Balaban J connectivity index is 1.63. The van der Waals surface area contributed by atoms with Crippen LogP contribution in [0.5, 0.6) is 0 Å². The second-order valence-electron chi connectivity index (χ2n) is 6.30. The second kappa shape index (κ2) is 7.95. The lowest BCUT2D eigenvalue weighted by Crippen LogP contribution is -2.50. The summed E-state index contributed by atoms with van der Waals surface area (Å²) in [5.41, 5.74) is 7.52. The highest BCUT2D eigenvalue weighted by atomic mass is 35.5. The van der Waals surface area contributed by atoms with Gasteiger partial charge in [-0.1, -0.05) is 35.9 Å². The molecule has 2 aromatic rings. The van der Waals surface area contributed by atoms with Crippen LogP contribution in [-0.2, 0) is 11.3 Å². The molecule has 1 saturated heterocycles. The zero-order valence-electron chi connectivity index (χ0n) is 13.9. The van der Waals surface area contributed by atoms with Gasteiger partial charge in [-0.15, -0.1) is 0 Å². The van der Waals surface area contributed by atoms with Gasteiger partial charge >= 0.3 is 0 Å². The van der Waals surface area contributed by atoms with E-state index in [1.807, 2.05) is 18.2 Å². The van der Waals surface area contributed by atoms with Gasteiger partial charge in [-0.25, -0.2) is 4.39 Å². The molecule has 1 heterocycles. The van der Waals surface area contributed by atoms with Crippen LogP contribution in [0.2, 0.25) is 5.02 Å². The lowest BCUT2D eigenvalue weighted by Gasteiger charge is -2.38. The van der Waals surface area contributed by atoms with Gasteiger partial charge in [0, 0.05) is 37.7 Å². The molecular formula is C19H21ClFN3O. The van der Waals surface area contributed by atoms with Crippen LogP contribution in [0.4, 0.5) is 4.39 Å². The van der Waals surface area contributed by atoms with Crippen LogP contribution in [0, 0.1) is 5.82 Å². The molecule has 132 valence electrons. The molecule has 1 aliphatic rings. The molecule has 1 aliphatic heterocycles. The van der Waals surface area contributed by atoms with Gasteiger partial charge in [-0.2, -0.15) is 0 Å². The summed E-state index contributed by atoms with van der Waals surface area (Å²) in [6.07, 6.45) is 0. The largest absolute Gasteiger partial charge is 0.368 e. The molecule has 0 aromatic heterocycles. The highest BCUT2D eigenvalue weighted by Gasteiger charge is 2.28. The maximum atomic E-state index is 13.1. The first-order chi connectivity index (χ1) is 12.0. The minimum atomic E-state index is -0.520. The van der Waals surface area contributed by atoms with E-state index in [2.05, 4.69) is 15.9 Å². The summed E-state index contributed by atoms with van der Waals surface area (Å²) in [4.78, 5) is 16.3. The highest BCUT2D eigenvalue weighted by Crippen LogP contribution is 2.23. The van der Waals surface area contributed by atoms with Gasteiger partial charge in [0.05, 0.1) is 0 Å². The van der Waals surface area contributed by atoms with Gasteiger partial charge in [-0.3, -0.25) is 14.6 Å². The molecule has 1 fully saturated rings. The van der Waals surface area contributed by atoms with Crippen molar-refractivity contribution in [3.8, 4) is 0 Å². The van der Waals surface area contributed by atoms with E-state index in [4.69, 9.17) is 17.3 Å². The Bertz CT molecular complexity index is 730. The number of hydrogen-bond donors (Lipinski definition) is 1. The Morgan fingerprint density at radius 2 is 1.80 bits per heavy atom. The van der Waals surface area contributed by atoms with E-state index in [1.54, 1.807) is 12.1 Å². The summed E-state index contributed by atoms with van der Waals surface area (Å²) in [5, 5.41) is 0.737. The van der Waals surface area contributed by atoms with Crippen LogP contribution >= 0.6 is 11.6 Å². The zero-order valence-corrected chi connectivity index (χ0v) is 14.6. The van der Waals surface area contributed by atoms with Crippen LogP contribution in [0.15, 0.2) is 48.5 Å². The summed E-state index contributed by atoms with van der Waals surface area (Å²) in [7, 11) is 0. The first-order valence-electron chi connectivity index (χ1n) is 8.28. The summed E-state index contributed by atoms with van der Waals surface area (Å²) >= 11 is 6.04. The lowest BCUT2D eigenvalue weighted by atomic mass is 10.0. The molecule has 0 bridgehead atoms. The Morgan fingerprint density at radius 1 is 1.12 bits per heavy atom. The number of hydrogen-bond acceptors (Lipinski definition) is 3. The monoisotopic (exact) mass is 361 g/mol. The minimum Gasteiger partial charge on any atom is -0.368 e. The van der Waals surface area contributed by atoms with E-state index in [0.717, 1.165) is 43.3 Å². The first kappa shape index (κ1) is 17.9. The third-order valence-corrected chi connectivity index (χ3v) is 4.76. The number of carbonyl (C=O) groups is 1. The normalized spacial score (nSPS) is 17.4. The number of carbonyl (C=O) groups excluding carboxylic acids is 1. The lowest BCUT2D eigenvalue weighted by molar-refractivity contribution is -0.124. The number of nitrogens with zero attached hydrogens (tertiary/aromatic N) is 2. The zero-order chi connectivity index (χ0) is 17.8. The maximum Gasteiger partial charge on any atom is 0.239 e. The van der Waals surface area contributed by atoms with Gasteiger partial charge < -0.3 is 5.73 Å². The van der Waals surface area contributed by atoms with Gasteiger partial charge in [0.25, 0.3) is 0 Å². The molecule has 1 unspecified atom stereocenters. The number of benzene rings is 2. The van der Waals surface area contributed by atoms with Gasteiger partial charge in [0.15, 0.2) is 0 Å². The van der Waals surface area contributed by atoms with Gasteiger partial charge in [0.1, 0.15) is 11.9 Å². The predicted molar refractivity (Wildman–Crippen MR) is 96.6 cm³/mol. The van der Waals surface area contributed by atoms with Crippen LogP contribution in [0.3, 0.4) is 0 Å². The number of piperazine rings is 1. The second-order valence-corrected chi connectivity index (χ2v) is 6.73. The van der Waals surface area contributed by atoms with Crippen molar-refractivity contribution in [1.82, 2.24) is 9.80 Å². The van der Waals surface area contributed by atoms with E-state index in [1.165, 1.54) is 17.7 Å². The third kappa shape index (κ3) is 4.57. The number of primary amides is 1. The average molecular weight is 362 g/mol. The number of halogens is 2. The summed E-state index contributed by atoms with van der Waals surface area (Å²) < 4.78 is 13.1. The Morgan fingerprint density at radius 3 is 2.40 bits per heavy atom. The van der Waals surface area contributed by atoms with Gasteiger partial charge in [0.2, 0.25) is 5.91 Å². The number of amides is 1. The van der Waals surface area contributed by atoms with Crippen LogP contribution in [0.25, 0.3) is 0 Å². The fraction of sp³-hybridized carbons (Fsp3) is 0.316. The van der Waals surface area contributed by atoms with Gasteiger partial charge in [-0.05, 0) is 35.4 Å². The Labute approximate surface area is 152 Å². The van der Waals surface area contributed by atoms with Crippen molar-refractivity contribution in [1.29, 1.82) is 0 Å². The molecule has 6 heteroatoms. The molecule has 1 atom stereocenters. The smallest absolute Gasteiger partial charge is 0.239 e. The molecule has 0 saturated carbocycles. The van der Waals surface area contributed by atoms with Crippen LogP contribution in [0.1, 0.15) is 17.2 Å². The molecular weight excluding hydrogens is 341 g/mol. The van der Waals surface area contributed by atoms with Crippen LogP contribution < -0.4 is 5.73 Å². The van der Waals surface area contributed by atoms with E-state index in [-0.39, 0.29) is 5.82 Å². The topological polar surface area (TPSA) is 49.6 Å². The van der Waals surface area contributed by atoms with E-state index >= 15 is 0 Å². The molecule has 1 amide bonds. The predicted octanol–water partition coefficient (Wildman–Crippen LogP) is 2.82. The highest BCUT2D eigenvalue weighted by molar-refractivity contribution is 6.30. The molecule has 0 aliphatic carbocycles. The molecule has 0 spiro atoms. The minimum absolute atomic E-state index is 0.321. The molecule has 4 nitrogen and oxygen atoms in total.